The van der Waals surface area contributed by atoms with Gasteiger partial charge in [0, 0.05) is 25.1 Å². The minimum atomic E-state index is -0.0567. The van der Waals surface area contributed by atoms with E-state index < -0.39 is 0 Å². The van der Waals surface area contributed by atoms with Gasteiger partial charge in [0.15, 0.2) is 0 Å². The normalized spacial score (nSPS) is 15.8. The Morgan fingerprint density at radius 1 is 1.35 bits per heavy atom. The van der Waals surface area contributed by atoms with E-state index in [1.807, 2.05) is 6.92 Å². The van der Waals surface area contributed by atoms with E-state index >= 15 is 0 Å². The van der Waals surface area contributed by atoms with Crippen molar-refractivity contribution in [2.75, 3.05) is 7.05 Å². The molecule has 0 saturated heterocycles. The molecule has 2 rings (SSSR count). The van der Waals surface area contributed by atoms with E-state index in [2.05, 4.69) is 24.3 Å². The average molecular weight is 279 g/mol. The molecule has 1 aliphatic carbocycles. The molecule has 1 unspecified atom stereocenters. The zero-order valence-electron chi connectivity index (χ0n) is 12.9. The van der Waals surface area contributed by atoms with Gasteiger partial charge in [-0.3, -0.25) is 0 Å². The minimum Gasteiger partial charge on any atom is -0.361 e. The van der Waals surface area contributed by atoms with E-state index in [0.29, 0.717) is 12.5 Å². The molecular weight excluding hydrogens is 254 g/mol. The molecule has 0 spiro atoms. The van der Waals surface area contributed by atoms with Gasteiger partial charge < -0.3 is 14.7 Å². The Labute approximate surface area is 120 Å². The van der Waals surface area contributed by atoms with Gasteiger partial charge in [-0.25, -0.2) is 4.79 Å². The second-order valence-electron chi connectivity index (χ2n) is 6.08. The quantitative estimate of drug-likeness (QED) is 0.922. The molecule has 0 aromatic carbocycles. The van der Waals surface area contributed by atoms with E-state index in [9.17, 15) is 4.79 Å². The number of rotatable bonds is 4. The van der Waals surface area contributed by atoms with Crippen molar-refractivity contribution in [3.63, 3.8) is 0 Å². The third-order valence-electron chi connectivity index (χ3n) is 4.12. The van der Waals surface area contributed by atoms with Crippen molar-refractivity contribution in [2.45, 2.75) is 59.0 Å². The summed E-state index contributed by atoms with van der Waals surface area (Å²) in [7, 11) is 1.80. The molecule has 1 aliphatic rings. The van der Waals surface area contributed by atoms with Crippen molar-refractivity contribution in [3.8, 4) is 0 Å². The first kappa shape index (κ1) is 14.9. The SMILES string of the molecule is CC(C)C(C)NC(=O)N(C)Cc1noc2c1CCCC2. The van der Waals surface area contributed by atoms with E-state index in [1.165, 1.54) is 18.4 Å². The molecule has 0 bridgehead atoms. The predicted molar refractivity (Wildman–Crippen MR) is 77.4 cm³/mol. The van der Waals surface area contributed by atoms with Crippen LogP contribution in [0.4, 0.5) is 4.79 Å². The number of nitrogens with zero attached hydrogens (tertiary/aromatic N) is 2. The van der Waals surface area contributed by atoms with Gasteiger partial charge in [-0.05, 0) is 32.1 Å². The van der Waals surface area contributed by atoms with Crippen molar-refractivity contribution < 1.29 is 9.32 Å². The summed E-state index contributed by atoms with van der Waals surface area (Å²) in [4.78, 5) is 13.8. The summed E-state index contributed by atoms with van der Waals surface area (Å²) in [5, 5.41) is 7.14. The first-order chi connectivity index (χ1) is 9.49. The second-order valence-corrected chi connectivity index (χ2v) is 6.08. The van der Waals surface area contributed by atoms with Crippen molar-refractivity contribution in [3.05, 3.63) is 17.0 Å². The maximum atomic E-state index is 12.1. The van der Waals surface area contributed by atoms with E-state index in [-0.39, 0.29) is 12.1 Å². The van der Waals surface area contributed by atoms with Crippen molar-refractivity contribution in [1.29, 1.82) is 0 Å². The predicted octanol–water partition coefficient (Wildman–Crippen LogP) is 2.74. The van der Waals surface area contributed by atoms with Crippen LogP contribution in [0.25, 0.3) is 0 Å². The summed E-state index contributed by atoms with van der Waals surface area (Å²) in [6, 6.07) is 0.106. The summed E-state index contributed by atoms with van der Waals surface area (Å²) in [5.41, 5.74) is 2.13. The molecule has 1 aromatic heterocycles. The molecule has 1 atom stereocenters. The monoisotopic (exact) mass is 279 g/mol. The maximum absolute atomic E-state index is 12.1. The molecule has 0 aliphatic heterocycles. The fourth-order valence-electron chi connectivity index (χ4n) is 2.34. The third-order valence-corrected chi connectivity index (χ3v) is 4.12. The Morgan fingerprint density at radius 2 is 2.05 bits per heavy atom. The van der Waals surface area contributed by atoms with Gasteiger partial charge >= 0.3 is 6.03 Å². The summed E-state index contributed by atoms with van der Waals surface area (Å²) < 4.78 is 5.38. The van der Waals surface area contributed by atoms with Crippen LogP contribution in [0, 0.1) is 5.92 Å². The lowest BCUT2D eigenvalue weighted by Crippen LogP contribution is -2.43. The Hall–Kier alpha value is -1.52. The minimum absolute atomic E-state index is 0.0567. The highest BCUT2D eigenvalue weighted by atomic mass is 16.5. The van der Waals surface area contributed by atoms with Gasteiger partial charge in [0.1, 0.15) is 11.5 Å². The van der Waals surface area contributed by atoms with Crippen molar-refractivity contribution in [2.24, 2.45) is 5.92 Å². The zero-order valence-corrected chi connectivity index (χ0v) is 12.9. The highest BCUT2D eigenvalue weighted by molar-refractivity contribution is 5.74. The van der Waals surface area contributed by atoms with Crippen LogP contribution in [0.2, 0.25) is 0 Å². The van der Waals surface area contributed by atoms with E-state index in [0.717, 1.165) is 24.3 Å². The standard InChI is InChI=1S/C15H25N3O2/c1-10(2)11(3)16-15(19)18(4)9-13-12-7-5-6-8-14(12)20-17-13/h10-11H,5-9H2,1-4H3,(H,16,19). The van der Waals surface area contributed by atoms with Gasteiger partial charge in [0.05, 0.1) is 6.54 Å². The molecule has 1 aromatic rings. The fourth-order valence-corrected chi connectivity index (χ4v) is 2.34. The molecule has 0 saturated carbocycles. The van der Waals surface area contributed by atoms with Crippen LogP contribution in [0.3, 0.4) is 0 Å². The largest absolute Gasteiger partial charge is 0.361 e. The van der Waals surface area contributed by atoms with Crippen LogP contribution >= 0.6 is 0 Å². The molecule has 0 fully saturated rings. The highest BCUT2D eigenvalue weighted by Crippen LogP contribution is 2.24. The molecule has 1 heterocycles. The Kier molecular flexibility index (Phi) is 4.68. The number of carbonyl (C=O) groups is 1. The van der Waals surface area contributed by atoms with E-state index in [1.54, 1.807) is 11.9 Å². The van der Waals surface area contributed by atoms with Crippen LogP contribution in [-0.2, 0) is 19.4 Å². The molecule has 112 valence electrons. The topological polar surface area (TPSA) is 58.4 Å². The number of hydrogen-bond donors (Lipinski definition) is 1. The maximum Gasteiger partial charge on any atom is 0.317 e. The lowest BCUT2D eigenvalue weighted by atomic mass is 9.96. The summed E-state index contributed by atoms with van der Waals surface area (Å²) in [6.07, 6.45) is 4.35. The summed E-state index contributed by atoms with van der Waals surface area (Å²) >= 11 is 0. The third kappa shape index (κ3) is 3.32. The first-order valence-corrected chi connectivity index (χ1v) is 7.47. The zero-order chi connectivity index (χ0) is 14.7. The number of amides is 2. The average Bonchev–Trinajstić information content (AvgIpc) is 2.82. The highest BCUT2D eigenvalue weighted by Gasteiger charge is 2.22. The van der Waals surface area contributed by atoms with Crippen molar-refractivity contribution in [1.82, 2.24) is 15.4 Å². The number of carbonyl (C=O) groups excluding carboxylic acids is 1. The van der Waals surface area contributed by atoms with Crippen LogP contribution in [0.1, 0.15) is 50.6 Å². The van der Waals surface area contributed by atoms with Crippen LogP contribution in [-0.4, -0.2) is 29.2 Å². The Morgan fingerprint density at radius 3 is 2.75 bits per heavy atom. The number of aromatic nitrogens is 1. The van der Waals surface area contributed by atoms with Gasteiger partial charge in [-0.1, -0.05) is 19.0 Å². The lowest BCUT2D eigenvalue weighted by molar-refractivity contribution is 0.199. The van der Waals surface area contributed by atoms with Gasteiger partial charge in [-0.2, -0.15) is 0 Å². The van der Waals surface area contributed by atoms with Crippen LogP contribution < -0.4 is 5.32 Å². The van der Waals surface area contributed by atoms with Gasteiger partial charge in [-0.15, -0.1) is 0 Å². The Balaban J connectivity index is 1.95. The smallest absolute Gasteiger partial charge is 0.317 e. The Bertz CT molecular complexity index is 468. The number of hydrogen-bond acceptors (Lipinski definition) is 3. The number of aryl methyl sites for hydroxylation is 1. The number of urea groups is 1. The summed E-state index contributed by atoms with van der Waals surface area (Å²) in [6.45, 7) is 6.72. The lowest BCUT2D eigenvalue weighted by Gasteiger charge is -2.23. The van der Waals surface area contributed by atoms with Crippen molar-refractivity contribution >= 4 is 6.03 Å². The molecule has 5 heteroatoms. The van der Waals surface area contributed by atoms with Gasteiger partial charge in [0.25, 0.3) is 0 Å². The van der Waals surface area contributed by atoms with Gasteiger partial charge in [0.2, 0.25) is 0 Å². The number of fused-ring (bicyclic) bond motifs is 1. The second kappa shape index (κ2) is 6.29. The molecule has 20 heavy (non-hydrogen) atoms. The molecule has 0 radical (unpaired) electrons. The van der Waals surface area contributed by atoms with Crippen LogP contribution in [0.15, 0.2) is 4.52 Å². The molecule has 2 amide bonds. The molecular formula is C15H25N3O2. The fraction of sp³-hybridized carbons (Fsp3) is 0.733. The van der Waals surface area contributed by atoms with Crippen LogP contribution in [0.5, 0.6) is 0 Å². The molecule has 1 N–H and O–H groups in total. The first-order valence-electron chi connectivity index (χ1n) is 7.47. The molecule has 5 nitrogen and oxygen atoms in total. The summed E-state index contributed by atoms with van der Waals surface area (Å²) in [5.74, 6) is 1.43. The number of nitrogens with one attached hydrogen (secondary N) is 1. The van der Waals surface area contributed by atoms with E-state index in [4.69, 9.17) is 4.52 Å².